The van der Waals surface area contributed by atoms with Crippen LogP contribution in [0.1, 0.15) is 0 Å². The summed E-state index contributed by atoms with van der Waals surface area (Å²) in [5.74, 6) is -0.358. The second kappa shape index (κ2) is 8.63. The van der Waals surface area contributed by atoms with Gasteiger partial charge in [-0.15, -0.1) is 6.58 Å². The number of para-hydroxylation sites is 1. The zero-order chi connectivity index (χ0) is 19.9. The Kier molecular flexibility index (Phi) is 5.81. The van der Waals surface area contributed by atoms with Crippen LogP contribution in [0.2, 0.25) is 0 Å². The molecule has 0 saturated carbocycles. The summed E-state index contributed by atoms with van der Waals surface area (Å²) in [6.07, 6.45) is 2.94. The first-order valence-corrected chi connectivity index (χ1v) is 8.56. The molecule has 0 radical (unpaired) electrons. The lowest BCUT2D eigenvalue weighted by atomic mass is 10.2. The molecule has 3 N–H and O–H groups in total. The third-order valence-corrected chi connectivity index (χ3v) is 3.88. The zero-order valence-electron chi connectivity index (χ0n) is 15.0. The lowest BCUT2D eigenvalue weighted by Crippen LogP contribution is -2.28. The SMILES string of the molecule is C=CCNC(=O)Nc1ccc(NC(=O)Cn2cnc3ccccc3c2=O)cc1. The Hall–Kier alpha value is -3.94. The van der Waals surface area contributed by atoms with E-state index in [-0.39, 0.29) is 24.0 Å². The van der Waals surface area contributed by atoms with Crippen molar-refractivity contribution < 1.29 is 9.59 Å². The van der Waals surface area contributed by atoms with Gasteiger partial charge in [0.05, 0.1) is 17.2 Å². The molecule has 0 aliphatic rings. The number of rotatable bonds is 6. The summed E-state index contributed by atoms with van der Waals surface area (Å²) < 4.78 is 1.26. The van der Waals surface area contributed by atoms with Gasteiger partial charge in [0, 0.05) is 17.9 Å². The Labute approximate surface area is 160 Å². The van der Waals surface area contributed by atoms with E-state index in [0.717, 1.165) is 0 Å². The molecule has 0 saturated heterocycles. The summed E-state index contributed by atoms with van der Waals surface area (Å²) >= 11 is 0. The summed E-state index contributed by atoms with van der Waals surface area (Å²) in [5.41, 5.74) is 1.44. The van der Waals surface area contributed by atoms with E-state index in [1.807, 2.05) is 0 Å². The van der Waals surface area contributed by atoms with Crippen LogP contribution >= 0.6 is 0 Å². The number of aromatic nitrogens is 2. The molecule has 3 aromatic rings. The summed E-state index contributed by atoms with van der Waals surface area (Å²) in [5, 5.41) is 8.43. The summed E-state index contributed by atoms with van der Waals surface area (Å²) in [6.45, 7) is 3.73. The fourth-order valence-corrected chi connectivity index (χ4v) is 2.55. The zero-order valence-corrected chi connectivity index (χ0v) is 15.0. The molecule has 0 fully saturated rings. The molecule has 0 bridgehead atoms. The van der Waals surface area contributed by atoms with Gasteiger partial charge >= 0.3 is 6.03 Å². The van der Waals surface area contributed by atoms with Crippen LogP contribution in [-0.2, 0) is 11.3 Å². The van der Waals surface area contributed by atoms with E-state index in [9.17, 15) is 14.4 Å². The number of urea groups is 1. The molecule has 1 heterocycles. The third kappa shape index (κ3) is 4.61. The first-order valence-electron chi connectivity index (χ1n) is 8.56. The smallest absolute Gasteiger partial charge is 0.319 e. The number of anilines is 2. The topological polar surface area (TPSA) is 105 Å². The van der Waals surface area contributed by atoms with Gasteiger partial charge in [0.1, 0.15) is 6.54 Å². The van der Waals surface area contributed by atoms with Crippen LogP contribution < -0.4 is 21.5 Å². The van der Waals surface area contributed by atoms with Crippen molar-refractivity contribution in [3.63, 3.8) is 0 Å². The van der Waals surface area contributed by atoms with E-state index >= 15 is 0 Å². The summed E-state index contributed by atoms with van der Waals surface area (Å²) in [7, 11) is 0. The second-order valence-corrected chi connectivity index (χ2v) is 5.94. The maximum absolute atomic E-state index is 12.4. The number of hydrogen-bond acceptors (Lipinski definition) is 4. The highest BCUT2D eigenvalue weighted by molar-refractivity contribution is 5.92. The lowest BCUT2D eigenvalue weighted by molar-refractivity contribution is -0.116. The summed E-state index contributed by atoms with van der Waals surface area (Å²) in [6, 6.07) is 13.3. The quantitative estimate of drug-likeness (QED) is 0.574. The van der Waals surface area contributed by atoms with Crippen LogP contribution in [0.3, 0.4) is 0 Å². The lowest BCUT2D eigenvalue weighted by Gasteiger charge is -2.09. The highest BCUT2D eigenvalue weighted by atomic mass is 16.2. The number of benzene rings is 2. The molecule has 3 amide bonds. The number of nitrogens with zero attached hydrogens (tertiary/aromatic N) is 2. The van der Waals surface area contributed by atoms with Gasteiger partial charge in [-0.2, -0.15) is 0 Å². The summed E-state index contributed by atoms with van der Waals surface area (Å²) in [4.78, 5) is 40.5. The van der Waals surface area contributed by atoms with Crippen molar-refractivity contribution in [1.29, 1.82) is 0 Å². The van der Waals surface area contributed by atoms with E-state index in [1.165, 1.54) is 10.9 Å². The van der Waals surface area contributed by atoms with Gasteiger partial charge in [0.15, 0.2) is 0 Å². The number of carbonyl (C=O) groups is 2. The van der Waals surface area contributed by atoms with Crippen LogP contribution in [0, 0.1) is 0 Å². The van der Waals surface area contributed by atoms with Crippen molar-refractivity contribution in [2.45, 2.75) is 6.54 Å². The van der Waals surface area contributed by atoms with Crippen LogP contribution in [0.25, 0.3) is 10.9 Å². The fourth-order valence-electron chi connectivity index (χ4n) is 2.55. The Morgan fingerprint density at radius 1 is 1.04 bits per heavy atom. The second-order valence-electron chi connectivity index (χ2n) is 5.94. The molecular weight excluding hydrogens is 358 g/mol. The predicted octanol–water partition coefficient (Wildman–Crippen LogP) is 2.34. The van der Waals surface area contributed by atoms with Gasteiger partial charge in [-0.3, -0.25) is 14.2 Å². The molecule has 28 heavy (non-hydrogen) atoms. The number of nitrogens with one attached hydrogen (secondary N) is 3. The minimum atomic E-state index is -0.358. The first kappa shape index (κ1) is 18.8. The molecule has 3 rings (SSSR count). The van der Waals surface area contributed by atoms with Gasteiger partial charge in [-0.05, 0) is 36.4 Å². The highest BCUT2D eigenvalue weighted by Gasteiger charge is 2.08. The average molecular weight is 377 g/mol. The van der Waals surface area contributed by atoms with Crippen LogP contribution in [0.4, 0.5) is 16.2 Å². The molecule has 0 aliphatic heterocycles. The van der Waals surface area contributed by atoms with Gasteiger partial charge in [0.25, 0.3) is 5.56 Å². The Bertz CT molecular complexity index is 1070. The molecule has 0 atom stereocenters. The van der Waals surface area contributed by atoms with Crippen molar-refractivity contribution in [2.75, 3.05) is 17.2 Å². The molecule has 0 aliphatic carbocycles. The molecule has 1 aromatic heterocycles. The van der Waals surface area contributed by atoms with Gasteiger partial charge in [0.2, 0.25) is 5.91 Å². The normalized spacial score (nSPS) is 10.3. The van der Waals surface area contributed by atoms with E-state index in [1.54, 1.807) is 54.6 Å². The van der Waals surface area contributed by atoms with Gasteiger partial charge in [-0.25, -0.2) is 9.78 Å². The molecular formula is C20H19N5O3. The molecule has 8 nitrogen and oxygen atoms in total. The Morgan fingerprint density at radius 2 is 1.71 bits per heavy atom. The number of hydrogen-bond donors (Lipinski definition) is 3. The van der Waals surface area contributed by atoms with E-state index in [0.29, 0.717) is 28.8 Å². The standard InChI is InChI=1S/C20H19N5O3/c1-2-11-21-20(28)24-15-9-7-14(8-10-15)23-18(26)12-25-13-22-17-6-4-3-5-16(17)19(25)27/h2-10,13H,1,11-12H2,(H,23,26)(H2,21,24,28). The van der Waals surface area contributed by atoms with Crippen molar-refractivity contribution >= 4 is 34.2 Å². The molecule has 0 unspecified atom stereocenters. The van der Waals surface area contributed by atoms with Crippen molar-refractivity contribution in [2.24, 2.45) is 0 Å². The molecule has 0 spiro atoms. The van der Waals surface area contributed by atoms with Crippen molar-refractivity contribution in [3.8, 4) is 0 Å². The average Bonchev–Trinajstić information content (AvgIpc) is 2.70. The fraction of sp³-hybridized carbons (Fsp3) is 0.100. The third-order valence-electron chi connectivity index (χ3n) is 3.88. The monoisotopic (exact) mass is 377 g/mol. The van der Waals surface area contributed by atoms with Crippen molar-refractivity contribution in [3.05, 3.63) is 77.9 Å². The van der Waals surface area contributed by atoms with E-state index < -0.39 is 0 Å². The Balaban J connectivity index is 1.62. The van der Waals surface area contributed by atoms with E-state index in [2.05, 4.69) is 27.5 Å². The van der Waals surface area contributed by atoms with E-state index in [4.69, 9.17) is 0 Å². The molecule has 2 aromatic carbocycles. The maximum atomic E-state index is 12.4. The highest BCUT2D eigenvalue weighted by Crippen LogP contribution is 2.13. The van der Waals surface area contributed by atoms with Gasteiger partial charge in [-0.1, -0.05) is 18.2 Å². The van der Waals surface area contributed by atoms with Gasteiger partial charge < -0.3 is 16.0 Å². The first-order chi connectivity index (χ1) is 13.6. The molecule has 142 valence electrons. The maximum Gasteiger partial charge on any atom is 0.319 e. The Morgan fingerprint density at radius 3 is 2.43 bits per heavy atom. The van der Waals surface area contributed by atoms with Crippen molar-refractivity contribution in [1.82, 2.24) is 14.9 Å². The number of fused-ring (bicyclic) bond motifs is 1. The predicted molar refractivity (Wildman–Crippen MR) is 108 cm³/mol. The largest absolute Gasteiger partial charge is 0.334 e. The number of amides is 3. The number of carbonyl (C=O) groups excluding carboxylic acids is 2. The molecule has 8 heteroatoms. The minimum Gasteiger partial charge on any atom is -0.334 e. The van der Waals surface area contributed by atoms with Crippen LogP contribution in [0.15, 0.2) is 72.3 Å². The minimum absolute atomic E-state index is 0.152. The van der Waals surface area contributed by atoms with Crippen LogP contribution in [0.5, 0.6) is 0 Å². The van der Waals surface area contributed by atoms with Crippen LogP contribution in [-0.4, -0.2) is 28.0 Å².